The molecule has 0 aliphatic rings. The van der Waals surface area contributed by atoms with Gasteiger partial charge in [0.1, 0.15) is 18.1 Å². The van der Waals surface area contributed by atoms with Gasteiger partial charge in [0.2, 0.25) is 53.2 Å². The van der Waals surface area contributed by atoms with E-state index in [-0.39, 0.29) is 108 Å². The fraction of sp³-hybridized carbons (Fsp3) is 0.855. The molecule has 0 saturated carbocycles. The van der Waals surface area contributed by atoms with Gasteiger partial charge in [0.05, 0.1) is 210 Å². The first-order valence-electron chi connectivity index (χ1n) is 33.4. The average Bonchev–Trinajstić information content (AvgIpc) is 2.89. The Labute approximate surface area is 566 Å². The Morgan fingerprint density at radius 2 is 0.583 bits per heavy atom. The Kier molecular flexibility index (Phi) is 60.7. The topological polar surface area (TPSA) is 457 Å². The van der Waals surface area contributed by atoms with Gasteiger partial charge < -0.3 is 126 Å². The molecule has 560 valence electrons. The summed E-state index contributed by atoms with van der Waals surface area (Å²) in [6.45, 7) is 20.9. The monoisotopic (exact) mass is 1390 g/mol. The highest BCUT2D eigenvalue weighted by molar-refractivity contribution is 5.92. The van der Waals surface area contributed by atoms with Crippen LogP contribution in [0, 0.1) is 11.8 Å². The smallest absolute Gasteiger partial charge is 0.242 e. The summed E-state index contributed by atoms with van der Waals surface area (Å²) in [6.07, 6.45) is 2.68. The van der Waals surface area contributed by atoms with Crippen LogP contribution in [-0.2, 0) is 109 Å². The van der Waals surface area contributed by atoms with Crippen molar-refractivity contribution in [1.82, 2.24) is 42.5 Å². The molecule has 96 heavy (non-hydrogen) atoms. The molecule has 34 nitrogen and oxygen atoms in total. The molecule has 0 radical (unpaired) electrons. The zero-order chi connectivity index (χ0) is 71.1. The molecule has 0 aromatic rings. The maximum absolute atomic E-state index is 12.4. The maximum atomic E-state index is 12.4. The van der Waals surface area contributed by atoms with Gasteiger partial charge in [-0.2, -0.15) is 0 Å². The number of hydrogen-bond acceptors (Lipinski definition) is 25. The van der Waals surface area contributed by atoms with Gasteiger partial charge >= 0.3 is 0 Å². The molecule has 0 heterocycles. The molecule has 14 N–H and O–H groups in total. The normalized spacial score (nSPS) is 12.9. The first-order valence-corrected chi connectivity index (χ1v) is 33.4. The van der Waals surface area contributed by atoms with Crippen molar-refractivity contribution in [3.05, 3.63) is 0 Å². The van der Waals surface area contributed by atoms with E-state index >= 15 is 0 Å². The zero-order valence-electron chi connectivity index (χ0n) is 57.9. The number of nitrogens with two attached hydrogens (primary N) is 3. The van der Waals surface area contributed by atoms with Crippen molar-refractivity contribution in [3.63, 3.8) is 0 Å². The Balaban J connectivity index is 3.55. The van der Waals surface area contributed by atoms with Gasteiger partial charge in [-0.15, -0.1) is 0 Å². The summed E-state index contributed by atoms with van der Waals surface area (Å²) in [5.41, 5.74) is 17.1. The van der Waals surface area contributed by atoms with Gasteiger partial charge in [0.25, 0.3) is 0 Å². The summed E-state index contributed by atoms with van der Waals surface area (Å²) in [7, 11) is 0. The fourth-order valence-corrected chi connectivity index (χ4v) is 7.86. The lowest BCUT2D eigenvalue weighted by Gasteiger charge is -2.16. The number of carbonyl (C=O) groups excluding carboxylic acids is 9. The Morgan fingerprint density at radius 3 is 0.875 bits per heavy atom. The van der Waals surface area contributed by atoms with Crippen LogP contribution in [0.3, 0.4) is 0 Å². The Bertz CT molecular complexity index is 2030. The number of amides is 9. The van der Waals surface area contributed by atoms with Gasteiger partial charge in [0.15, 0.2) is 0 Å². The standard InChI is InChI=1S/C62H119N11O23/c1-47(2)43-51(63)61(81)69-45-56(76)71-49(5)59(79)67-13-17-85-21-25-89-29-33-93-37-41-95-39-35-91-31-27-87-23-19-83-15-10-54(74)66-12-8-7-9-53(58(65)78)73-55(75)11-16-84-20-24-88-28-32-92-36-40-96-42-38-94-34-30-90-26-22-86-18-14-68-60(80)50(6)72-57(77)46-70-62(82)52(64)44-48(3)4/h47-53H,7-46,63-64H2,1-6H3,(H2,65,78)(H,66,74)(H,67,79)(H,68,80)(H,69,81)(H,70,82)(H,71,76)(H,72,77)(H,73,75)/t49-,50-,51-,52-,53+/m1/s1. The van der Waals surface area contributed by atoms with Crippen molar-refractivity contribution in [2.75, 3.05) is 218 Å². The number of carbonyl (C=O) groups is 9. The van der Waals surface area contributed by atoms with Crippen LogP contribution in [-0.4, -0.2) is 301 Å². The van der Waals surface area contributed by atoms with E-state index in [0.717, 1.165) is 0 Å². The number of ether oxygens (including phenoxy) is 14. The van der Waals surface area contributed by atoms with Crippen LogP contribution < -0.4 is 59.7 Å². The van der Waals surface area contributed by atoms with E-state index < -0.39 is 59.7 Å². The summed E-state index contributed by atoms with van der Waals surface area (Å²) < 4.78 is 76.7. The quantitative estimate of drug-likeness (QED) is 0.0263. The lowest BCUT2D eigenvalue weighted by molar-refractivity contribution is -0.130. The Morgan fingerprint density at radius 1 is 0.302 bits per heavy atom. The van der Waals surface area contributed by atoms with Crippen molar-refractivity contribution in [1.29, 1.82) is 0 Å². The summed E-state index contributed by atoms with van der Waals surface area (Å²) in [6, 6.07) is -3.83. The molecule has 0 saturated heterocycles. The molecule has 9 amide bonds. The van der Waals surface area contributed by atoms with Crippen LogP contribution in [0.2, 0.25) is 0 Å². The minimum absolute atomic E-state index is 0.0415. The molecule has 0 aromatic heterocycles. The van der Waals surface area contributed by atoms with E-state index in [9.17, 15) is 43.2 Å². The summed E-state index contributed by atoms with van der Waals surface area (Å²) in [5, 5.41) is 20.8. The molecule has 34 heteroatoms. The molecule has 0 aliphatic heterocycles. The molecule has 0 fully saturated rings. The van der Waals surface area contributed by atoms with Crippen molar-refractivity contribution < 1.29 is 109 Å². The third kappa shape index (κ3) is 59.8. The van der Waals surface area contributed by atoms with Gasteiger partial charge in [-0.05, 0) is 57.8 Å². The molecule has 5 atom stereocenters. The lowest BCUT2D eigenvalue weighted by Crippen LogP contribution is -2.50. The van der Waals surface area contributed by atoms with Crippen LogP contribution in [0.25, 0.3) is 0 Å². The number of rotatable bonds is 69. The summed E-state index contributed by atoms with van der Waals surface area (Å²) in [5.74, 6) is -3.29. The second-order valence-corrected chi connectivity index (χ2v) is 22.5. The second-order valence-electron chi connectivity index (χ2n) is 22.5. The molecule has 0 unspecified atom stereocenters. The molecule has 0 aromatic carbocycles. The molecule has 0 aliphatic carbocycles. The summed E-state index contributed by atoms with van der Waals surface area (Å²) >= 11 is 0. The highest BCUT2D eigenvalue weighted by atomic mass is 16.6. The first kappa shape index (κ1) is 90.6. The van der Waals surface area contributed by atoms with E-state index in [1.807, 2.05) is 27.7 Å². The minimum atomic E-state index is -0.840. The summed E-state index contributed by atoms with van der Waals surface area (Å²) in [4.78, 5) is 109. The molecule has 0 bridgehead atoms. The number of unbranched alkanes of at least 4 members (excludes halogenated alkanes) is 1. The van der Waals surface area contributed by atoms with E-state index in [1.54, 1.807) is 6.92 Å². The van der Waals surface area contributed by atoms with Gasteiger partial charge in [0, 0.05) is 32.5 Å². The van der Waals surface area contributed by atoms with Crippen molar-refractivity contribution in [2.45, 2.75) is 117 Å². The predicted molar refractivity (Wildman–Crippen MR) is 351 cm³/mol. The van der Waals surface area contributed by atoms with E-state index in [2.05, 4.69) is 42.5 Å². The van der Waals surface area contributed by atoms with Crippen molar-refractivity contribution in [2.24, 2.45) is 29.0 Å². The number of hydrogen-bond donors (Lipinski definition) is 11. The third-order valence-corrected chi connectivity index (χ3v) is 12.9. The van der Waals surface area contributed by atoms with Gasteiger partial charge in [-0.3, -0.25) is 43.2 Å². The number of primary amides is 1. The van der Waals surface area contributed by atoms with E-state index in [1.165, 1.54) is 6.92 Å². The van der Waals surface area contributed by atoms with Gasteiger partial charge in [-0.1, -0.05) is 27.7 Å². The van der Waals surface area contributed by atoms with Crippen LogP contribution in [0.15, 0.2) is 0 Å². The number of nitrogens with one attached hydrogen (secondary N) is 8. The average molecular weight is 1390 g/mol. The van der Waals surface area contributed by atoms with Crippen LogP contribution >= 0.6 is 0 Å². The fourth-order valence-electron chi connectivity index (χ4n) is 7.86. The van der Waals surface area contributed by atoms with E-state index in [4.69, 9.17) is 83.5 Å². The second kappa shape index (κ2) is 64.3. The highest BCUT2D eigenvalue weighted by Crippen LogP contribution is 2.05. The zero-order valence-corrected chi connectivity index (χ0v) is 57.9. The SMILES string of the molecule is CC(C)C[C@@H](N)C(=O)NCC(=O)N[C@H](C)C(=O)NCCOCCOCCOCCOCCOCCOCCOCCC(=O)NCCCC[C@H](NC(=O)CCOCCOCCOCCOCCOCCOCCOCCNC(=O)[C@@H](C)NC(=O)CNC(=O)[C@H](N)CC(C)C)C(N)=O. The van der Waals surface area contributed by atoms with Crippen LogP contribution in [0.4, 0.5) is 0 Å². The lowest BCUT2D eigenvalue weighted by atomic mass is 10.0. The highest BCUT2D eigenvalue weighted by Gasteiger charge is 2.21. The minimum Gasteiger partial charge on any atom is -0.379 e. The molecule has 0 spiro atoms. The third-order valence-electron chi connectivity index (χ3n) is 12.9. The largest absolute Gasteiger partial charge is 0.379 e. The van der Waals surface area contributed by atoms with Crippen LogP contribution in [0.1, 0.15) is 86.5 Å². The van der Waals surface area contributed by atoms with Crippen LogP contribution in [0.5, 0.6) is 0 Å². The Hall–Kier alpha value is -5.41. The van der Waals surface area contributed by atoms with Crippen molar-refractivity contribution >= 4 is 53.2 Å². The molecular formula is C62H119N11O23. The molecular weight excluding hydrogens is 1270 g/mol. The molecule has 0 rings (SSSR count). The van der Waals surface area contributed by atoms with Crippen molar-refractivity contribution in [3.8, 4) is 0 Å². The predicted octanol–water partition coefficient (Wildman–Crippen LogP) is -3.52. The maximum Gasteiger partial charge on any atom is 0.242 e. The first-order chi connectivity index (χ1) is 46.2. The van der Waals surface area contributed by atoms with E-state index in [0.29, 0.717) is 191 Å². The van der Waals surface area contributed by atoms with Gasteiger partial charge in [-0.25, -0.2) is 0 Å².